The van der Waals surface area contributed by atoms with Crippen LogP contribution in [-0.2, 0) is 0 Å². The Bertz CT molecular complexity index is 800. The number of fused-ring (bicyclic) bond motifs is 1. The van der Waals surface area contributed by atoms with E-state index in [9.17, 15) is 9.18 Å². The van der Waals surface area contributed by atoms with E-state index in [0.717, 1.165) is 32.4 Å². The number of nitrogens with zero attached hydrogens (tertiary/aromatic N) is 1. The quantitative estimate of drug-likeness (QED) is 0.800. The van der Waals surface area contributed by atoms with Crippen molar-refractivity contribution in [1.29, 1.82) is 0 Å². The number of benzene rings is 2. The van der Waals surface area contributed by atoms with Crippen molar-refractivity contribution in [3.05, 3.63) is 53.8 Å². The van der Waals surface area contributed by atoms with Crippen LogP contribution in [0.2, 0.25) is 0 Å². The zero-order chi connectivity index (χ0) is 18.6. The van der Waals surface area contributed by atoms with E-state index < -0.39 is 0 Å². The number of piperidine rings is 1. The predicted octanol–water partition coefficient (Wildman–Crippen LogP) is 3.88. The molecule has 0 unspecified atom stereocenters. The van der Waals surface area contributed by atoms with Crippen LogP contribution in [0.25, 0.3) is 0 Å². The molecule has 1 amide bonds. The van der Waals surface area contributed by atoms with E-state index in [2.05, 4.69) is 0 Å². The van der Waals surface area contributed by atoms with Gasteiger partial charge in [0.1, 0.15) is 11.6 Å². The highest BCUT2D eigenvalue weighted by molar-refractivity contribution is 5.95. The Labute approximate surface area is 157 Å². The van der Waals surface area contributed by atoms with E-state index in [-0.39, 0.29) is 18.5 Å². The third-order valence-electron chi connectivity index (χ3n) is 5.13. The SMILES string of the molecule is O=C(c1ccc2c(c1)OCO2)N1CCC(CCOc2ccc(F)cc2)CC1. The first-order chi connectivity index (χ1) is 13.2. The van der Waals surface area contributed by atoms with Gasteiger partial charge in [-0.05, 0) is 67.6 Å². The maximum absolute atomic E-state index is 12.9. The number of amides is 1. The van der Waals surface area contributed by atoms with Crippen LogP contribution in [-0.4, -0.2) is 37.3 Å². The van der Waals surface area contributed by atoms with Gasteiger partial charge >= 0.3 is 0 Å². The average molecular weight is 371 g/mol. The first-order valence-electron chi connectivity index (χ1n) is 9.26. The van der Waals surface area contributed by atoms with Gasteiger partial charge in [0.15, 0.2) is 11.5 Å². The van der Waals surface area contributed by atoms with Crippen molar-refractivity contribution in [2.24, 2.45) is 5.92 Å². The van der Waals surface area contributed by atoms with E-state index in [1.807, 2.05) is 4.90 Å². The van der Waals surface area contributed by atoms with E-state index in [4.69, 9.17) is 14.2 Å². The number of carbonyl (C=O) groups is 1. The molecule has 0 spiro atoms. The summed E-state index contributed by atoms with van der Waals surface area (Å²) in [4.78, 5) is 14.6. The average Bonchev–Trinajstić information content (AvgIpc) is 3.17. The largest absolute Gasteiger partial charge is 0.494 e. The molecule has 1 saturated heterocycles. The molecule has 2 aliphatic rings. The summed E-state index contributed by atoms with van der Waals surface area (Å²) in [6.07, 6.45) is 2.86. The van der Waals surface area contributed by atoms with Gasteiger partial charge in [-0.15, -0.1) is 0 Å². The van der Waals surface area contributed by atoms with Crippen LogP contribution >= 0.6 is 0 Å². The van der Waals surface area contributed by atoms with Crippen LogP contribution in [0.3, 0.4) is 0 Å². The summed E-state index contributed by atoms with van der Waals surface area (Å²) in [5.41, 5.74) is 0.636. The second-order valence-electron chi connectivity index (χ2n) is 6.89. The third kappa shape index (κ3) is 4.15. The summed E-state index contributed by atoms with van der Waals surface area (Å²) in [5, 5.41) is 0. The molecule has 2 aliphatic heterocycles. The van der Waals surface area contributed by atoms with Crippen molar-refractivity contribution < 1.29 is 23.4 Å². The lowest BCUT2D eigenvalue weighted by Gasteiger charge is -2.32. The molecule has 27 heavy (non-hydrogen) atoms. The first-order valence-corrected chi connectivity index (χ1v) is 9.26. The first kappa shape index (κ1) is 17.6. The number of ether oxygens (including phenoxy) is 3. The molecule has 0 N–H and O–H groups in total. The number of halogens is 1. The molecule has 1 fully saturated rings. The Morgan fingerprint density at radius 1 is 1.07 bits per heavy atom. The van der Waals surface area contributed by atoms with Crippen LogP contribution in [0.1, 0.15) is 29.6 Å². The predicted molar refractivity (Wildman–Crippen MR) is 97.7 cm³/mol. The Kier molecular flexibility index (Phi) is 5.14. The number of hydrogen-bond acceptors (Lipinski definition) is 4. The summed E-state index contributed by atoms with van der Waals surface area (Å²) in [6, 6.07) is 11.4. The number of likely N-dealkylation sites (tertiary alicyclic amines) is 1. The van der Waals surface area contributed by atoms with Gasteiger partial charge in [0.25, 0.3) is 5.91 Å². The normalized spacial score (nSPS) is 16.4. The zero-order valence-electron chi connectivity index (χ0n) is 15.0. The topological polar surface area (TPSA) is 48.0 Å². The van der Waals surface area contributed by atoms with Gasteiger partial charge in [0.05, 0.1) is 6.61 Å². The molecule has 4 rings (SSSR count). The third-order valence-corrected chi connectivity index (χ3v) is 5.13. The van der Waals surface area contributed by atoms with Crippen molar-refractivity contribution in [2.75, 3.05) is 26.5 Å². The second-order valence-corrected chi connectivity index (χ2v) is 6.89. The molecule has 2 aromatic rings. The van der Waals surface area contributed by atoms with Gasteiger partial charge < -0.3 is 19.1 Å². The van der Waals surface area contributed by atoms with Crippen LogP contribution in [0.4, 0.5) is 4.39 Å². The fourth-order valence-corrected chi connectivity index (χ4v) is 3.51. The van der Waals surface area contributed by atoms with E-state index in [1.165, 1.54) is 12.1 Å². The zero-order valence-corrected chi connectivity index (χ0v) is 15.0. The molecule has 0 atom stereocenters. The maximum Gasteiger partial charge on any atom is 0.253 e. The lowest BCUT2D eigenvalue weighted by Crippen LogP contribution is -2.38. The van der Waals surface area contributed by atoms with Crippen molar-refractivity contribution >= 4 is 5.91 Å². The molecule has 2 heterocycles. The van der Waals surface area contributed by atoms with Crippen LogP contribution in [0.5, 0.6) is 17.2 Å². The number of hydrogen-bond donors (Lipinski definition) is 0. The minimum Gasteiger partial charge on any atom is -0.494 e. The monoisotopic (exact) mass is 371 g/mol. The second kappa shape index (κ2) is 7.86. The molecule has 0 saturated carbocycles. The fourth-order valence-electron chi connectivity index (χ4n) is 3.51. The lowest BCUT2D eigenvalue weighted by atomic mass is 9.93. The molecule has 142 valence electrons. The molecule has 0 radical (unpaired) electrons. The van der Waals surface area contributed by atoms with Gasteiger partial charge in [0.2, 0.25) is 6.79 Å². The van der Waals surface area contributed by atoms with Crippen LogP contribution in [0, 0.1) is 11.7 Å². The standard InChI is InChI=1S/C21H22FNO4/c22-17-2-4-18(5-3-17)25-12-9-15-7-10-23(11-8-15)21(24)16-1-6-19-20(13-16)27-14-26-19/h1-6,13,15H,7-12,14H2. The number of rotatable bonds is 5. The molecule has 0 aromatic heterocycles. The highest BCUT2D eigenvalue weighted by atomic mass is 19.1. The minimum atomic E-state index is -0.262. The van der Waals surface area contributed by atoms with Gasteiger partial charge in [-0.3, -0.25) is 4.79 Å². The number of carbonyl (C=O) groups excluding carboxylic acids is 1. The Morgan fingerprint density at radius 3 is 2.59 bits per heavy atom. The van der Waals surface area contributed by atoms with E-state index in [0.29, 0.717) is 35.3 Å². The van der Waals surface area contributed by atoms with E-state index in [1.54, 1.807) is 30.3 Å². The maximum atomic E-state index is 12.9. The Hall–Kier alpha value is -2.76. The molecule has 0 bridgehead atoms. The highest BCUT2D eigenvalue weighted by Gasteiger charge is 2.25. The van der Waals surface area contributed by atoms with Gasteiger partial charge in [-0.1, -0.05) is 0 Å². The summed E-state index contributed by atoms with van der Waals surface area (Å²) < 4.78 is 29.2. The van der Waals surface area contributed by atoms with E-state index >= 15 is 0 Å². The van der Waals surface area contributed by atoms with Gasteiger partial charge in [-0.25, -0.2) is 4.39 Å². The molecule has 6 heteroatoms. The summed E-state index contributed by atoms with van der Waals surface area (Å²) >= 11 is 0. The molecule has 5 nitrogen and oxygen atoms in total. The Balaban J connectivity index is 1.23. The fraction of sp³-hybridized carbons (Fsp3) is 0.381. The summed E-state index contributed by atoms with van der Waals surface area (Å²) in [7, 11) is 0. The van der Waals surface area contributed by atoms with Crippen molar-refractivity contribution in [2.45, 2.75) is 19.3 Å². The molecule has 2 aromatic carbocycles. The van der Waals surface area contributed by atoms with Crippen molar-refractivity contribution in [1.82, 2.24) is 4.90 Å². The van der Waals surface area contributed by atoms with Crippen LogP contribution < -0.4 is 14.2 Å². The minimum absolute atomic E-state index is 0.0364. The molecular formula is C21H22FNO4. The highest BCUT2D eigenvalue weighted by Crippen LogP contribution is 2.33. The van der Waals surface area contributed by atoms with Gasteiger partial charge in [-0.2, -0.15) is 0 Å². The van der Waals surface area contributed by atoms with Gasteiger partial charge in [0, 0.05) is 18.7 Å². The summed E-state index contributed by atoms with van der Waals surface area (Å²) in [6.45, 7) is 2.30. The Morgan fingerprint density at radius 2 is 1.81 bits per heavy atom. The van der Waals surface area contributed by atoms with Crippen LogP contribution in [0.15, 0.2) is 42.5 Å². The molecular weight excluding hydrogens is 349 g/mol. The smallest absolute Gasteiger partial charge is 0.253 e. The van der Waals surface area contributed by atoms with Crippen molar-refractivity contribution in [3.63, 3.8) is 0 Å². The summed E-state index contributed by atoms with van der Waals surface area (Å²) in [5.74, 6) is 2.31. The molecule has 0 aliphatic carbocycles. The lowest BCUT2D eigenvalue weighted by molar-refractivity contribution is 0.0679. The van der Waals surface area contributed by atoms with Crippen molar-refractivity contribution in [3.8, 4) is 17.2 Å².